The van der Waals surface area contributed by atoms with Crippen LogP contribution in [0.4, 0.5) is 0 Å². The maximum atomic E-state index is 4.30. The van der Waals surface area contributed by atoms with Crippen LogP contribution in [-0.4, -0.2) is 4.43 Å². The molecule has 1 unspecified atom stereocenters. The van der Waals surface area contributed by atoms with Crippen molar-refractivity contribution in [2.24, 2.45) is 5.92 Å². The molecule has 0 radical (unpaired) electrons. The lowest BCUT2D eigenvalue weighted by molar-refractivity contribution is 0.531. The molecule has 2 heteroatoms. The van der Waals surface area contributed by atoms with E-state index in [-0.39, 0.29) is 0 Å². The number of hydrogen-bond donors (Lipinski definition) is 0. The van der Waals surface area contributed by atoms with E-state index in [9.17, 15) is 0 Å². The third-order valence-corrected chi connectivity index (χ3v) is 4.81. The fourth-order valence-electron chi connectivity index (χ4n) is 2.27. The number of allylic oxidation sites excluding steroid dienone is 5. The van der Waals surface area contributed by atoms with Crippen LogP contribution in [0.25, 0.3) is 0 Å². The highest BCUT2D eigenvalue weighted by atomic mass is 127. The summed E-state index contributed by atoms with van der Waals surface area (Å²) in [6.07, 6.45) is 12.2. The predicted molar refractivity (Wildman–Crippen MR) is 95.1 cm³/mol. The Bertz CT molecular complexity index is 313. The van der Waals surface area contributed by atoms with Crippen LogP contribution in [-0.2, 0) is 0 Å². The molecule has 0 aromatic heterocycles. The summed E-state index contributed by atoms with van der Waals surface area (Å²) < 4.78 is 2.73. The molecule has 1 atom stereocenters. The Labute approximate surface area is 133 Å². The Morgan fingerprint density at radius 3 is 2.82 bits per heavy atom. The number of unbranched alkanes of at least 4 members (excludes halogenated alkanes) is 1. The maximum absolute atomic E-state index is 4.30. The van der Waals surface area contributed by atoms with Crippen molar-refractivity contribution in [1.82, 2.24) is 0 Å². The zero-order valence-corrected chi connectivity index (χ0v) is 15.0. The van der Waals surface area contributed by atoms with E-state index in [0.717, 1.165) is 5.92 Å². The van der Waals surface area contributed by atoms with Gasteiger partial charge < -0.3 is 0 Å². The van der Waals surface area contributed by atoms with Crippen LogP contribution in [0.1, 0.15) is 45.4 Å². The zero-order chi connectivity index (χ0) is 12.7. The lowest BCUT2D eigenvalue weighted by Crippen LogP contribution is -2.09. The van der Waals surface area contributed by atoms with Gasteiger partial charge in [-0.2, -0.15) is 0 Å². The second kappa shape index (κ2) is 8.73. The van der Waals surface area contributed by atoms with Gasteiger partial charge in [0.2, 0.25) is 0 Å². The molecular weight excluding hydrogens is 434 g/mol. The molecule has 0 nitrogen and oxygen atoms in total. The first kappa shape index (κ1) is 15.7. The molecule has 1 aliphatic carbocycles. The van der Waals surface area contributed by atoms with Gasteiger partial charge in [0.1, 0.15) is 0 Å². The molecule has 0 aromatic rings. The molecular formula is C15H22I2. The highest BCUT2D eigenvalue weighted by Crippen LogP contribution is 2.36. The van der Waals surface area contributed by atoms with Crippen LogP contribution >= 0.6 is 45.2 Å². The van der Waals surface area contributed by atoms with Crippen LogP contribution in [0.3, 0.4) is 0 Å². The molecule has 96 valence electrons. The minimum atomic E-state index is 0.730. The normalized spacial score (nSPS) is 19.8. The van der Waals surface area contributed by atoms with E-state index in [1.165, 1.54) is 57.7 Å². The van der Waals surface area contributed by atoms with Gasteiger partial charge >= 0.3 is 0 Å². The van der Waals surface area contributed by atoms with Crippen LogP contribution in [0, 0.1) is 5.92 Å². The van der Waals surface area contributed by atoms with Gasteiger partial charge in [0.15, 0.2) is 0 Å². The smallest absolute Gasteiger partial charge is 0.000157 e. The Balaban J connectivity index is 2.66. The molecule has 0 saturated heterocycles. The van der Waals surface area contributed by atoms with E-state index >= 15 is 0 Å². The van der Waals surface area contributed by atoms with Crippen molar-refractivity contribution in [2.75, 3.05) is 4.43 Å². The van der Waals surface area contributed by atoms with Gasteiger partial charge in [0, 0.05) is 0 Å². The van der Waals surface area contributed by atoms with E-state index in [2.05, 4.69) is 70.8 Å². The lowest BCUT2D eigenvalue weighted by Gasteiger charge is -2.25. The largest absolute Gasteiger partial charge is 0.0955 e. The number of rotatable bonds is 7. The summed E-state index contributed by atoms with van der Waals surface area (Å²) >= 11 is 4.92. The summed E-state index contributed by atoms with van der Waals surface area (Å²) in [4.78, 5) is 0. The summed E-state index contributed by atoms with van der Waals surface area (Å²) in [5.74, 6) is 0.730. The molecule has 1 aliphatic rings. The quantitative estimate of drug-likeness (QED) is 0.316. The lowest BCUT2D eigenvalue weighted by atomic mass is 9.82. The van der Waals surface area contributed by atoms with Gasteiger partial charge in [-0.1, -0.05) is 66.7 Å². The predicted octanol–water partition coefficient (Wildman–Crippen LogP) is 6.21. The van der Waals surface area contributed by atoms with Crippen LogP contribution in [0.15, 0.2) is 33.5 Å². The van der Waals surface area contributed by atoms with Crippen molar-refractivity contribution in [3.8, 4) is 0 Å². The fraction of sp³-hybridized carbons (Fsp3) is 0.600. The van der Waals surface area contributed by atoms with E-state index < -0.39 is 0 Å². The average molecular weight is 456 g/mol. The van der Waals surface area contributed by atoms with Gasteiger partial charge in [-0.15, -0.1) is 0 Å². The molecule has 0 fully saturated rings. The van der Waals surface area contributed by atoms with E-state index in [4.69, 9.17) is 0 Å². The Hall–Kier alpha value is 0.680. The van der Waals surface area contributed by atoms with Gasteiger partial charge in [-0.3, -0.25) is 0 Å². The summed E-state index contributed by atoms with van der Waals surface area (Å²) in [5.41, 5.74) is 2.91. The fourth-order valence-corrected chi connectivity index (χ4v) is 3.36. The number of hydrogen-bond acceptors (Lipinski definition) is 0. The highest BCUT2D eigenvalue weighted by molar-refractivity contribution is 14.1. The Morgan fingerprint density at radius 1 is 1.41 bits per heavy atom. The highest BCUT2D eigenvalue weighted by Gasteiger charge is 2.19. The molecule has 0 aromatic carbocycles. The molecule has 0 heterocycles. The topological polar surface area (TPSA) is 0 Å². The summed E-state index contributed by atoms with van der Waals surface area (Å²) in [7, 11) is 0. The first-order valence-electron chi connectivity index (χ1n) is 6.49. The average Bonchev–Trinajstić information content (AvgIpc) is 2.33. The monoisotopic (exact) mass is 456 g/mol. The summed E-state index contributed by atoms with van der Waals surface area (Å²) in [5, 5.41) is 0. The van der Waals surface area contributed by atoms with Gasteiger partial charge in [0.25, 0.3) is 0 Å². The second-order valence-electron chi connectivity index (χ2n) is 4.67. The van der Waals surface area contributed by atoms with Crippen molar-refractivity contribution in [2.45, 2.75) is 45.4 Å². The zero-order valence-electron chi connectivity index (χ0n) is 10.6. The summed E-state index contributed by atoms with van der Waals surface area (Å²) in [6.45, 7) is 6.57. The molecule has 0 saturated carbocycles. The minimum Gasteiger partial charge on any atom is -0.0955 e. The van der Waals surface area contributed by atoms with Crippen LogP contribution in [0.2, 0.25) is 0 Å². The molecule has 0 spiro atoms. The SMILES string of the molecule is C=C(CCCI)C1=CC=C(I)CC1CCCC. The molecule has 17 heavy (non-hydrogen) atoms. The molecule has 0 aliphatic heterocycles. The van der Waals surface area contributed by atoms with Crippen LogP contribution < -0.4 is 0 Å². The summed E-state index contributed by atoms with van der Waals surface area (Å²) in [6, 6.07) is 0. The Kier molecular flexibility index (Phi) is 8.08. The second-order valence-corrected chi connectivity index (χ2v) is 7.14. The molecule has 0 N–H and O–H groups in total. The van der Waals surface area contributed by atoms with Crippen molar-refractivity contribution >= 4 is 45.2 Å². The van der Waals surface area contributed by atoms with E-state index in [1.807, 2.05) is 0 Å². The van der Waals surface area contributed by atoms with E-state index in [0.29, 0.717) is 0 Å². The first-order valence-corrected chi connectivity index (χ1v) is 9.09. The third kappa shape index (κ3) is 5.45. The molecule has 1 rings (SSSR count). The van der Waals surface area contributed by atoms with Gasteiger partial charge in [-0.05, 0) is 67.8 Å². The van der Waals surface area contributed by atoms with E-state index in [1.54, 1.807) is 0 Å². The minimum absolute atomic E-state index is 0.730. The molecule has 0 bridgehead atoms. The molecule has 0 amide bonds. The van der Waals surface area contributed by atoms with Crippen LogP contribution in [0.5, 0.6) is 0 Å². The number of halogens is 2. The first-order chi connectivity index (χ1) is 8.19. The third-order valence-electron chi connectivity index (χ3n) is 3.25. The van der Waals surface area contributed by atoms with Gasteiger partial charge in [-0.25, -0.2) is 0 Å². The standard InChI is InChI=1S/C15H22I2/c1-3-4-7-13-11-14(17)8-9-15(13)12(2)6-5-10-16/h8-9,13H,2-7,10-11H2,1H3. The van der Waals surface area contributed by atoms with Crippen molar-refractivity contribution in [3.63, 3.8) is 0 Å². The van der Waals surface area contributed by atoms with Crippen molar-refractivity contribution < 1.29 is 0 Å². The Morgan fingerprint density at radius 2 is 2.18 bits per heavy atom. The van der Waals surface area contributed by atoms with Gasteiger partial charge in [0.05, 0.1) is 0 Å². The van der Waals surface area contributed by atoms with Crippen molar-refractivity contribution in [1.29, 1.82) is 0 Å². The maximum Gasteiger partial charge on any atom is -0.000157 e. The van der Waals surface area contributed by atoms with Crippen molar-refractivity contribution in [3.05, 3.63) is 33.5 Å². The number of alkyl halides is 1.